The average Bonchev–Trinajstić information content (AvgIpc) is 3.13. The van der Waals surface area contributed by atoms with Crippen molar-refractivity contribution in [3.63, 3.8) is 0 Å². The van der Waals surface area contributed by atoms with E-state index in [-0.39, 0.29) is 17.9 Å². The fourth-order valence-corrected chi connectivity index (χ4v) is 6.34. The molecule has 170 valence electrons. The molecule has 3 nitrogen and oxygen atoms in total. The zero-order valence-electron chi connectivity index (χ0n) is 18.4. The number of para-hydroxylation sites is 1. The summed E-state index contributed by atoms with van der Waals surface area (Å²) < 4.78 is 4.50. The van der Waals surface area contributed by atoms with Crippen molar-refractivity contribution in [1.82, 2.24) is 5.32 Å². The van der Waals surface area contributed by atoms with Crippen molar-refractivity contribution in [3.8, 4) is 0 Å². The number of rotatable bonds is 8. The first-order valence-corrected chi connectivity index (χ1v) is 13.3. The number of thioether (sulfide) groups is 1. The van der Waals surface area contributed by atoms with Gasteiger partial charge in [-0.05, 0) is 66.6 Å². The van der Waals surface area contributed by atoms with Crippen LogP contribution in [0.15, 0.2) is 77.1 Å². The lowest BCUT2D eigenvalue weighted by Gasteiger charge is -2.26. The molecule has 1 heterocycles. The largest absolute Gasteiger partial charge is 0.352 e. The second kappa shape index (κ2) is 10.9. The van der Waals surface area contributed by atoms with Crippen molar-refractivity contribution in [2.75, 3.05) is 5.75 Å². The van der Waals surface area contributed by atoms with Crippen molar-refractivity contribution in [2.45, 2.75) is 29.6 Å². The van der Waals surface area contributed by atoms with Gasteiger partial charge in [-0.1, -0.05) is 70.9 Å². The van der Waals surface area contributed by atoms with Gasteiger partial charge in [-0.3, -0.25) is 4.79 Å². The highest BCUT2D eigenvalue weighted by molar-refractivity contribution is 8.01. The molecule has 7 heteroatoms. The number of aryl methyl sites for hydroxylation is 1. The second-order valence-electron chi connectivity index (χ2n) is 8.03. The molecule has 0 bridgehead atoms. The summed E-state index contributed by atoms with van der Waals surface area (Å²) in [7, 11) is 2.05. The van der Waals surface area contributed by atoms with Crippen LogP contribution in [0.4, 0.5) is 0 Å². The lowest BCUT2D eigenvalue weighted by molar-refractivity contribution is -0.676. The van der Waals surface area contributed by atoms with E-state index in [1.165, 1.54) is 15.8 Å². The lowest BCUT2D eigenvalue weighted by Crippen LogP contribution is -2.39. The Morgan fingerprint density at radius 3 is 2.30 bits per heavy atom. The first-order valence-electron chi connectivity index (χ1n) is 10.7. The first kappa shape index (κ1) is 24.1. The molecule has 0 saturated carbocycles. The van der Waals surface area contributed by atoms with Gasteiger partial charge in [-0.15, -0.1) is 0 Å². The van der Waals surface area contributed by atoms with Crippen molar-refractivity contribution >= 4 is 62.4 Å². The van der Waals surface area contributed by atoms with Gasteiger partial charge in [0.25, 0.3) is 4.34 Å². The number of carbonyl (C=O) groups excluding carboxylic acids is 1. The van der Waals surface area contributed by atoms with Crippen molar-refractivity contribution in [1.29, 1.82) is 0 Å². The van der Waals surface area contributed by atoms with E-state index in [1.54, 1.807) is 23.1 Å². The Morgan fingerprint density at radius 1 is 1.00 bits per heavy atom. The number of nitrogens with zero attached hydrogens (tertiary/aromatic N) is 1. The molecule has 0 aliphatic carbocycles. The standard InChI is InChI=1S/C26H24Cl2N2OS2/c1-17(29-25(31)16-32-26-30(2)23-5-3-4-6-24(23)33-26)22(19-9-13-21(28)14-10-19)15-18-7-11-20(27)12-8-18/h3-14,17,22H,15-16H2,1-2H3/p+1/t17?,22-/m0/s1. The first-order chi connectivity index (χ1) is 15.9. The number of thiazole rings is 1. The van der Waals surface area contributed by atoms with E-state index in [0.717, 1.165) is 21.3 Å². The van der Waals surface area contributed by atoms with E-state index < -0.39 is 0 Å². The van der Waals surface area contributed by atoms with Crippen LogP contribution < -0.4 is 9.88 Å². The van der Waals surface area contributed by atoms with Crippen LogP contribution in [0.1, 0.15) is 24.0 Å². The fraction of sp³-hybridized carbons (Fsp3) is 0.231. The third-order valence-corrected chi connectivity index (χ3v) is 8.73. The molecule has 0 aliphatic heterocycles. The summed E-state index contributed by atoms with van der Waals surface area (Å²) in [6.07, 6.45) is 0.790. The summed E-state index contributed by atoms with van der Waals surface area (Å²) in [6.45, 7) is 2.07. The molecule has 4 rings (SSSR count). The summed E-state index contributed by atoms with van der Waals surface area (Å²) in [6, 6.07) is 24.0. The number of carbonyl (C=O) groups is 1. The average molecular weight is 517 g/mol. The minimum Gasteiger partial charge on any atom is -0.352 e. The van der Waals surface area contributed by atoms with E-state index in [1.807, 2.05) is 67.7 Å². The molecule has 0 aliphatic rings. The van der Waals surface area contributed by atoms with Crippen molar-refractivity contribution in [2.24, 2.45) is 7.05 Å². The zero-order chi connectivity index (χ0) is 23.4. The Bertz CT molecular complexity index is 1240. The highest BCUT2D eigenvalue weighted by atomic mass is 35.5. The summed E-state index contributed by atoms with van der Waals surface area (Å²) in [5.74, 6) is 0.511. The number of fused-ring (bicyclic) bond motifs is 1. The molecule has 0 saturated heterocycles. The molecule has 2 atom stereocenters. The van der Waals surface area contributed by atoms with Crippen LogP contribution in [-0.4, -0.2) is 17.7 Å². The van der Waals surface area contributed by atoms with E-state index in [0.29, 0.717) is 10.8 Å². The van der Waals surface area contributed by atoms with Crippen LogP contribution in [-0.2, 0) is 18.3 Å². The number of aromatic nitrogens is 1. The van der Waals surface area contributed by atoms with Gasteiger partial charge in [-0.25, -0.2) is 0 Å². The molecule has 33 heavy (non-hydrogen) atoms. The monoisotopic (exact) mass is 515 g/mol. The molecule has 3 aromatic carbocycles. The predicted octanol–water partition coefficient (Wildman–Crippen LogP) is 6.66. The molecule has 0 radical (unpaired) electrons. The molecule has 1 aromatic heterocycles. The van der Waals surface area contributed by atoms with Gasteiger partial charge in [0.15, 0.2) is 0 Å². The highest BCUT2D eigenvalue weighted by Crippen LogP contribution is 2.29. The normalized spacial score (nSPS) is 13.1. The zero-order valence-corrected chi connectivity index (χ0v) is 21.6. The minimum absolute atomic E-state index is 0.0278. The van der Waals surface area contributed by atoms with Gasteiger partial charge in [0.05, 0.1) is 5.75 Å². The van der Waals surface area contributed by atoms with Gasteiger partial charge in [0, 0.05) is 28.1 Å². The van der Waals surface area contributed by atoms with Gasteiger partial charge < -0.3 is 5.32 Å². The minimum atomic E-state index is -0.0499. The van der Waals surface area contributed by atoms with Crippen LogP contribution in [0.2, 0.25) is 10.0 Å². The van der Waals surface area contributed by atoms with Gasteiger partial charge in [-0.2, -0.15) is 4.57 Å². The Kier molecular flexibility index (Phi) is 7.97. The summed E-state index contributed by atoms with van der Waals surface area (Å²) in [5.41, 5.74) is 3.50. The van der Waals surface area contributed by atoms with Crippen LogP contribution in [0.25, 0.3) is 10.2 Å². The number of hydrogen-bond acceptors (Lipinski definition) is 3. The Hall–Kier alpha value is -2.05. The molecular weight excluding hydrogens is 491 g/mol. The summed E-state index contributed by atoms with van der Waals surface area (Å²) in [5, 5.41) is 4.64. The van der Waals surface area contributed by atoms with Gasteiger partial charge >= 0.3 is 0 Å². The Morgan fingerprint density at radius 2 is 1.64 bits per heavy atom. The van der Waals surface area contributed by atoms with E-state index in [4.69, 9.17) is 23.2 Å². The second-order valence-corrected chi connectivity index (χ2v) is 11.2. The maximum Gasteiger partial charge on any atom is 0.298 e. The smallest absolute Gasteiger partial charge is 0.298 e. The van der Waals surface area contributed by atoms with Crippen molar-refractivity contribution in [3.05, 3.63) is 94.0 Å². The Balaban J connectivity index is 1.45. The molecule has 1 amide bonds. The van der Waals surface area contributed by atoms with E-state index in [9.17, 15) is 4.79 Å². The molecule has 0 spiro atoms. The maximum atomic E-state index is 12.9. The van der Waals surface area contributed by atoms with Crippen LogP contribution >= 0.6 is 46.3 Å². The highest BCUT2D eigenvalue weighted by Gasteiger charge is 2.23. The number of halogens is 2. The van der Waals surface area contributed by atoms with E-state index in [2.05, 4.69) is 28.9 Å². The van der Waals surface area contributed by atoms with Crippen LogP contribution in [0.3, 0.4) is 0 Å². The van der Waals surface area contributed by atoms with Crippen molar-refractivity contribution < 1.29 is 9.36 Å². The number of amides is 1. The fourth-order valence-electron chi connectivity index (χ4n) is 3.90. The van der Waals surface area contributed by atoms with Gasteiger partial charge in [0.1, 0.15) is 11.7 Å². The number of nitrogens with one attached hydrogen (secondary N) is 1. The molecule has 1 unspecified atom stereocenters. The van der Waals surface area contributed by atoms with E-state index >= 15 is 0 Å². The molecule has 0 fully saturated rings. The summed E-state index contributed by atoms with van der Waals surface area (Å²) >= 11 is 15.5. The molecule has 1 N–H and O–H groups in total. The van der Waals surface area contributed by atoms with Crippen LogP contribution in [0, 0.1) is 0 Å². The lowest BCUT2D eigenvalue weighted by atomic mass is 9.86. The van der Waals surface area contributed by atoms with Crippen LogP contribution in [0.5, 0.6) is 0 Å². The van der Waals surface area contributed by atoms with Gasteiger partial charge in [0.2, 0.25) is 11.4 Å². The molecule has 4 aromatic rings. The predicted molar refractivity (Wildman–Crippen MR) is 141 cm³/mol. The topological polar surface area (TPSA) is 33.0 Å². The summed E-state index contributed by atoms with van der Waals surface area (Å²) in [4.78, 5) is 12.9. The maximum absolute atomic E-state index is 12.9. The Labute approximate surface area is 212 Å². The SMILES string of the molecule is CC(NC(=O)CSc1sc2ccccc2[n+]1C)[C@H](Cc1ccc(Cl)cc1)c1ccc(Cl)cc1. The third kappa shape index (κ3) is 6.10. The number of benzene rings is 3. The number of hydrogen-bond donors (Lipinski definition) is 1. The molecular formula is C26H25Cl2N2OS2+. The third-order valence-electron chi connectivity index (χ3n) is 5.68. The quantitative estimate of drug-likeness (QED) is 0.210.